The summed E-state index contributed by atoms with van der Waals surface area (Å²) in [6.45, 7) is 3.72. The maximum atomic E-state index is 12.8. The number of ether oxygens (including phenoxy) is 2. The van der Waals surface area contributed by atoms with Crippen LogP contribution in [0.3, 0.4) is 0 Å². The third-order valence-corrected chi connectivity index (χ3v) is 9.36. The van der Waals surface area contributed by atoms with Gasteiger partial charge >= 0.3 is 0 Å². The van der Waals surface area contributed by atoms with E-state index in [0.29, 0.717) is 6.42 Å². The van der Waals surface area contributed by atoms with Crippen molar-refractivity contribution < 1.29 is 39.8 Å². The molecule has 0 spiro atoms. The van der Waals surface area contributed by atoms with Crippen LogP contribution >= 0.6 is 0 Å². The fourth-order valence-electron chi connectivity index (χ4n) is 6.15. The predicted molar refractivity (Wildman–Crippen MR) is 189 cm³/mol. The SMILES string of the molecule is CCCCCCCCC/C=C/[C@@H](O)[C@H](CO[C@@H]1O[C@H](CO)[C@@H](O)C(O)C1O)NC(=O)CCCCCCCCCCCCCCCCC. The highest BCUT2D eigenvalue weighted by molar-refractivity contribution is 5.76. The number of carbonyl (C=O) groups is 1. The molecule has 7 atom stereocenters. The molecule has 0 radical (unpaired) electrons. The van der Waals surface area contributed by atoms with Gasteiger partial charge in [-0.2, -0.15) is 0 Å². The van der Waals surface area contributed by atoms with Gasteiger partial charge < -0.3 is 40.3 Å². The highest BCUT2D eigenvalue weighted by atomic mass is 16.7. The van der Waals surface area contributed by atoms with Gasteiger partial charge in [-0.05, 0) is 19.3 Å². The highest BCUT2D eigenvalue weighted by Crippen LogP contribution is 2.22. The lowest BCUT2D eigenvalue weighted by Crippen LogP contribution is -2.60. The topological polar surface area (TPSA) is 149 Å². The van der Waals surface area contributed by atoms with E-state index in [2.05, 4.69) is 19.2 Å². The van der Waals surface area contributed by atoms with Crippen molar-refractivity contribution in [2.75, 3.05) is 13.2 Å². The summed E-state index contributed by atoms with van der Waals surface area (Å²) in [6, 6.07) is -0.795. The number of allylic oxidation sites excluding steroid dienone is 1. The van der Waals surface area contributed by atoms with Gasteiger partial charge in [0.1, 0.15) is 24.4 Å². The van der Waals surface area contributed by atoms with E-state index in [1.54, 1.807) is 6.08 Å². The molecule has 47 heavy (non-hydrogen) atoms. The van der Waals surface area contributed by atoms with Gasteiger partial charge in [-0.3, -0.25) is 4.79 Å². The summed E-state index contributed by atoms with van der Waals surface area (Å²) in [5.41, 5.74) is 0. The molecule has 2 unspecified atom stereocenters. The summed E-state index contributed by atoms with van der Waals surface area (Å²) in [7, 11) is 0. The normalized spacial score (nSPS) is 22.9. The van der Waals surface area contributed by atoms with E-state index in [9.17, 15) is 30.3 Å². The molecule has 9 nitrogen and oxygen atoms in total. The van der Waals surface area contributed by atoms with Gasteiger partial charge in [0.2, 0.25) is 5.91 Å². The van der Waals surface area contributed by atoms with Crippen molar-refractivity contribution in [1.29, 1.82) is 0 Å². The van der Waals surface area contributed by atoms with E-state index in [4.69, 9.17) is 9.47 Å². The molecule has 0 bridgehead atoms. The number of rotatable bonds is 31. The van der Waals surface area contributed by atoms with Gasteiger partial charge in [-0.15, -0.1) is 0 Å². The number of aliphatic hydroxyl groups excluding tert-OH is 5. The molecule has 1 fully saturated rings. The quantitative estimate of drug-likeness (QED) is 0.0357. The summed E-state index contributed by atoms with van der Waals surface area (Å²) in [6.07, 6.45) is 24.0. The van der Waals surface area contributed by atoms with E-state index in [1.807, 2.05) is 6.08 Å². The fourth-order valence-corrected chi connectivity index (χ4v) is 6.15. The summed E-state index contributed by atoms with van der Waals surface area (Å²) in [5.74, 6) is -0.179. The molecule has 6 N–H and O–H groups in total. The van der Waals surface area contributed by atoms with Crippen LogP contribution in [0.15, 0.2) is 12.2 Å². The van der Waals surface area contributed by atoms with Crippen LogP contribution in [-0.2, 0) is 14.3 Å². The van der Waals surface area contributed by atoms with Crippen molar-refractivity contribution >= 4 is 5.91 Å². The Hall–Kier alpha value is -1.07. The molecule has 0 aromatic rings. The minimum Gasteiger partial charge on any atom is -0.394 e. The lowest BCUT2D eigenvalue weighted by molar-refractivity contribution is -0.302. The van der Waals surface area contributed by atoms with Gasteiger partial charge in [0.05, 0.1) is 25.4 Å². The Morgan fingerprint density at radius 2 is 1.17 bits per heavy atom. The Kier molecular flexibility index (Phi) is 27.9. The van der Waals surface area contributed by atoms with Crippen LogP contribution in [0.5, 0.6) is 0 Å². The molecule has 1 aliphatic rings. The van der Waals surface area contributed by atoms with Gasteiger partial charge in [0.15, 0.2) is 6.29 Å². The molecule has 0 aliphatic carbocycles. The lowest BCUT2D eigenvalue weighted by atomic mass is 9.99. The first-order chi connectivity index (χ1) is 22.8. The third kappa shape index (κ3) is 21.6. The van der Waals surface area contributed by atoms with E-state index in [0.717, 1.165) is 38.5 Å². The van der Waals surface area contributed by atoms with Gasteiger partial charge in [0.25, 0.3) is 0 Å². The first kappa shape index (κ1) is 44.0. The zero-order chi connectivity index (χ0) is 34.5. The van der Waals surface area contributed by atoms with Crippen LogP contribution in [0.2, 0.25) is 0 Å². The molecule has 1 aliphatic heterocycles. The minimum absolute atomic E-state index is 0.179. The molecular weight excluding hydrogens is 598 g/mol. The second kappa shape index (κ2) is 29.8. The number of amides is 1. The smallest absolute Gasteiger partial charge is 0.220 e. The number of nitrogens with one attached hydrogen (secondary N) is 1. The highest BCUT2D eigenvalue weighted by Gasteiger charge is 2.44. The number of hydrogen-bond donors (Lipinski definition) is 6. The van der Waals surface area contributed by atoms with Crippen LogP contribution in [0.25, 0.3) is 0 Å². The average molecular weight is 672 g/mol. The Bertz CT molecular complexity index is 751. The van der Waals surface area contributed by atoms with Gasteiger partial charge in [-0.25, -0.2) is 0 Å². The van der Waals surface area contributed by atoms with Crippen molar-refractivity contribution in [1.82, 2.24) is 5.32 Å². The zero-order valence-corrected chi connectivity index (χ0v) is 30.0. The molecule has 0 saturated carbocycles. The van der Waals surface area contributed by atoms with E-state index in [-0.39, 0.29) is 12.5 Å². The molecule has 1 amide bonds. The molecule has 1 rings (SSSR count). The average Bonchev–Trinajstić information content (AvgIpc) is 3.07. The summed E-state index contributed by atoms with van der Waals surface area (Å²) in [4.78, 5) is 12.8. The number of carbonyl (C=O) groups excluding carboxylic acids is 1. The molecule has 278 valence electrons. The Morgan fingerprint density at radius 1 is 0.702 bits per heavy atom. The summed E-state index contributed by atoms with van der Waals surface area (Å²) < 4.78 is 11.1. The standard InChI is InChI=1S/C38H73NO8/c1-3-5-7-9-11-13-14-15-16-17-18-20-22-24-26-28-34(42)39-31(32(41)27-25-23-21-19-12-10-8-6-4-2)30-46-38-37(45)36(44)35(43)33(29-40)47-38/h25,27,31-33,35-38,40-41,43-45H,3-24,26,28-30H2,1-2H3,(H,39,42)/b27-25+/t31-,32+,33+,35+,36?,37?,38+/m0/s1. The molecule has 0 aromatic heterocycles. The number of hydrogen-bond acceptors (Lipinski definition) is 8. The van der Waals surface area contributed by atoms with Crippen LogP contribution < -0.4 is 5.32 Å². The number of aliphatic hydroxyl groups is 5. The Balaban J connectivity index is 2.41. The molecule has 1 heterocycles. The zero-order valence-electron chi connectivity index (χ0n) is 30.0. The molecule has 9 heteroatoms. The lowest BCUT2D eigenvalue weighted by Gasteiger charge is -2.40. The van der Waals surface area contributed by atoms with Crippen LogP contribution in [-0.4, -0.2) is 87.5 Å². The van der Waals surface area contributed by atoms with E-state index >= 15 is 0 Å². The van der Waals surface area contributed by atoms with Crippen molar-refractivity contribution in [2.24, 2.45) is 0 Å². The van der Waals surface area contributed by atoms with Crippen molar-refractivity contribution in [2.45, 2.75) is 211 Å². The summed E-state index contributed by atoms with van der Waals surface area (Å²) in [5, 5.41) is 53.8. The first-order valence-corrected chi connectivity index (χ1v) is 19.4. The van der Waals surface area contributed by atoms with Crippen molar-refractivity contribution in [3.63, 3.8) is 0 Å². The van der Waals surface area contributed by atoms with E-state index < -0.39 is 49.5 Å². The Labute approximate surface area is 286 Å². The first-order valence-electron chi connectivity index (χ1n) is 19.4. The van der Waals surface area contributed by atoms with Crippen LogP contribution in [0.1, 0.15) is 168 Å². The van der Waals surface area contributed by atoms with Gasteiger partial charge in [-0.1, -0.05) is 154 Å². The van der Waals surface area contributed by atoms with Crippen LogP contribution in [0, 0.1) is 0 Å². The number of unbranched alkanes of at least 4 members (excludes halogenated alkanes) is 21. The maximum absolute atomic E-state index is 12.8. The fraction of sp³-hybridized carbons (Fsp3) is 0.921. The maximum Gasteiger partial charge on any atom is 0.220 e. The van der Waals surface area contributed by atoms with Crippen molar-refractivity contribution in [3.05, 3.63) is 12.2 Å². The second-order valence-corrected chi connectivity index (χ2v) is 13.7. The summed E-state index contributed by atoms with van der Waals surface area (Å²) >= 11 is 0. The van der Waals surface area contributed by atoms with Gasteiger partial charge in [0, 0.05) is 6.42 Å². The monoisotopic (exact) mass is 672 g/mol. The van der Waals surface area contributed by atoms with E-state index in [1.165, 1.54) is 109 Å². The third-order valence-electron chi connectivity index (χ3n) is 9.36. The largest absolute Gasteiger partial charge is 0.394 e. The van der Waals surface area contributed by atoms with Crippen molar-refractivity contribution in [3.8, 4) is 0 Å². The minimum atomic E-state index is -1.56. The molecule has 1 saturated heterocycles. The molecule has 0 aromatic carbocycles. The predicted octanol–water partition coefficient (Wildman–Crippen LogP) is 6.61. The Morgan fingerprint density at radius 3 is 1.66 bits per heavy atom. The van der Waals surface area contributed by atoms with Crippen LogP contribution in [0.4, 0.5) is 0 Å². The molecular formula is C38H73NO8. The second-order valence-electron chi connectivity index (χ2n) is 13.7.